The third-order valence-corrected chi connectivity index (χ3v) is 7.52. The number of aliphatic hydroxyl groups excluding tert-OH is 2. The van der Waals surface area contributed by atoms with Gasteiger partial charge in [0, 0.05) is 19.1 Å². The van der Waals surface area contributed by atoms with E-state index in [1.54, 1.807) is 11.5 Å². The fraction of sp³-hybridized carbons (Fsp3) is 0.520. The number of anilines is 2. The van der Waals surface area contributed by atoms with E-state index in [1.807, 2.05) is 18.2 Å². The Bertz CT molecular complexity index is 1300. The minimum Gasteiger partial charge on any atom is -0.388 e. The highest BCUT2D eigenvalue weighted by Crippen LogP contribution is 2.37. The molecular formula is C25H29N7O3. The van der Waals surface area contributed by atoms with Crippen molar-refractivity contribution in [3.8, 4) is 6.07 Å². The molecule has 182 valence electrons. The van der Waals surface area contributed by atoms with Crippen LogP contribution in [0.15, 0.2) is 24.5 Å². The Morgan fingerprint density at radius 3 is 2.71 bits per heavy atom. The largest absolute Gasteiger partial charge is 0.388 e. The maximum absolute atomic E-state index is 10.8. The summed E-state index contributed by atoms with van der Waals surface area (Å²) in [6, 6.07) is 8.35. The Hall–Kier alpha value is -3.26. The molecule has 4 heterocycles. The van der Waals surface area contributed by atoms with Crippen LogP contribution in [-0.4, -0.2) is 60.6 Å². The number of ether oxygens (including phenoxy) is 1. The summed E-state index contributed by atoms with van der Waals surface area (Å²) < 4.78 is 7.76. The lowest BCUT2D eigenvalue weighted by atomic mass is 9.97. The zero-order valence-corrected chi connectivity index (χ0v) is 19.6. The van der Waals surface area contributed by atoms with Crippen LogP contribution in [0.25, 0.3) is 11.2 Å². The van der Waals surface area contributed by atoms with Crippen molar-refractivity contribution < 1.29 is 14.9 Å². The summed E-state index contributed by atoms with van der Waals surface area (Å²) in [4.78, 5) is 16.2. The first-order chi connectivity index (χ1) is 17.0. The number of nitriles is 1. The molecule has 35 heavy (non-hydrogen) atoms. The number of fused-ring (bicyclic) bond motifs is 2. The standard InChI is InChI=1S/C25H29N7O3/c1-14-20(33)21(34)24(35-14)32-23-19(30-25(32)29-18-4-2-3-5-18)22(27-13-28-23)31-9-8-16-7-6-15(11-26)10-17(16)12-31/h6-7,10,13-14,18,20-21,24,33-34H,2-5,8-9,12H2,1H3,(H,29,30)/t14-,20-,21-,24-/m1/s1. The number of aliphatic hydroxyl groups is 2. The molecule has 0 radical (unpaired) electrons. The number of aromatic nitrogens is 4. The predicted molar refractivity (Wildman–Crippen MR) is 129 cm³/mol. The second kappa shape index (κ2) is 8.75. The third kappa shape index (κ3) is 3.80. The van der Waals surface area contributed by atoms with Crippen LogP contribution in [0.3, 0.4) is 0 Å². The van der Waals surface area contributed by atoms with Gasteiger partial charge in [0.15, 0.2) is 23.2 Å². The van der Waals surface area contributed by atoms with Gasteiger partial charge in [0.05, 0.1) is 17.7 Å². The van der Waals surface area contributed by atoms with Crippen LogP contribution in [0, 0.1) is 11.3 Å². The van der Waals surface area contributed by atoms with Gasteiger partial charge in [-0.15, -0.1) is 0 Å². The molecule has 10 heteroatoms. The Labute approximate surface area is 203 Å². The molecule has 2 aromatic heterocycles. The quantitative estimate of drug-likeness (QED) is 0.520. The number of nitrogens with zero attached hydrogens (tertiary/aromatic N) is 6. The molecule has 2 fully saturated rings. The van der Waals surface area contributed by atoms with Gasteiger partial charge < -0.3 is 25.2 Å². The molecule has 4 atom stereocenters. The normalized spacial score (nSPS) is 26.7. The van der Waals surface area contributed by atoms with Crippen LogP contribution in [0.1, 0.15) is 55.5 Å². The molecule has 3 aliphatic rings. The minimum atomic E-state index is -1.10. The van der Waals surface area contributed by atoms with Crippen LogP contribution in [0.2, 0.25) is 0 Å². The number of hydrogen-bond acceptors (Lipinski definition) is 9. The summed E-state index contributed by atoms with van der Waals surface area (Å²) in [6.45, 7) is 3.13. The maximum Gasteiger partial charge on any atom is 0.207 e. The molecule has 0 spiro atoms. The monoisotopic (exact) mass is 475 g/mol. The van der Waals surface area contributed by atoms with Crippen molar-refractivity contribution in [2.24, 2.45) is 0 Å². The van der Waals surface area contributed by atoms with E-state index in [4.69, 9.17) is 9.72 Å². The molecule has 0 bridgehead atoms. The van der Waals surface area contributed by atoms with Gasteiger partial charge in [-0.3, -0.25) is 4.57 Å². The summed E-state index contributed by atoms with van der Waals surface area (Å²) >= 11 is 0. The second-order valence-electron chi connectivity index (χ2n) is 9.78. The van der Waals surface area contributed by atoms with E-state index >= 15 is 0 Å². The summed E-state index contributed by atoms with van der Waals surface area (Å²) in [5, 5.41) is 34.0. The molecular weight excluding hydrogens is 446 g/mol. The fourth-order valence-electron chi connectivity index (χ4n) is 5.57. The average molecular weight is 476 g/mol. The zero-order valence-electron chi connectivity index (χ0n) is 19.6. The van der Waals surface area contributed by atoms with Gasteiger partial charge in [0.2, 0.25) is 5.95 Å². The molecule has 1 saturated carbocycles. The van der Waals surface area contributed by atoms with Crippen LogP contribution in [-0.2, 0) is 17.7 Å². The van der Waals surface area contributed by atoms with Gasteiger partial charge in [0.1, 0.15) is 18.5 Å². The van der Waals surface area contributed by atoms with Gasteiger partial charge in [-0.05, 0) is 49.4 Å². The summed E-state index contributed by atoms with van der Waals surface area (Å²) in [6.07, 6.45) is 3.38. The van der Waals surface area contributed by atoms with E-state index in [9.17, 15) is 15.5 Å². The predicted octanol–water partition coefficient (Wildman–Crippen LogP) is 2.25. The lowest BCUT2D eigenvalue weighted by molar-refractivity contribution is -0.0287. The van der Waals surface area contributed by atoms with Gasteiger partial charge in [-0.2, -0.15) is 5.26 Å². The van der Waals surface area contributed by atoms with Crippen molar-refractivity contribution >= 4 is 22.9 Å². The lowest BCUT2D eigenvalue weighted by Crippen LogP contribution is -2.32. The number of benzene rings is 1. The lowest BCUT2D eigenvalue weighted by Gasteiger charge is -2.29. The first kappa shape index (κ1) is 22.2. The van der Waals surface area contributed by atoms with Crippen molar-refractivity contribution in [1.29, 1.82) is 5.26 Å². The van der Waals surface area contributed by atoms with Gasteiger partial charge in [0.25, 0.3) is 0 Å². The molecule has 0 amide bonds. The van der Waals surface area contributed by atoms with Crippen molar-refractivity contribution in [1.82, 2.24) is 19.5 Å². The molecule has 0 unspecified atom stereocenters. The van der Waals surface area contributed by atoms with Gasteiger partial charge in [-0.25, -0.2) is 15.0 Å². The van der Waals surface area contributed by atoms with Gasteiger partial charge >= 0.3 is 0 Å². The SMILES string of the molecule is C[C@H]1O[C@@H](n2c(NC3CCCC3)nc3c(N4CCc5ccc(C#N)cc5C4)ncnc32)[C@H](O)[C@@H]1O. The molecule has 6 rings (SSSR count). The first-order valence-electron chi connectivity index (χ1n) is 12.3. The number of hydrogen-bond donors (Lipinski definition) is 3. The van der Waals surface area contributed by atoms with Crippen molar-refractivity contribution in [3.63, 3.8) is 0 Å². The number of nitrogens with one attached hydrogen (secondary N) is 1. The van der Waals surface area contributed by atoms with Crippen molar-refractivity contribution in [2.75, 3.05) is 16.8 Å². The van der Waals surface area contributed by atoms with Crippen molar-refractivity contribution in [3.05, 3.63) is 41.2 Å². The van der Waals surface area contributed by atoms with Crippen LogP contribution in [0.4, 0.5) is 11.8 Å². The van der Waals surface area contributed by atoms with E-state index in [0.717, 1.165) is 31.4 Å². The highest BCUT2D eigenvalue weighted by molar-refractivity contribution is 5.86. The van der Waals surface area contributed by atoms with E-state index < -0.39 is 24.5 Å². The van der Waals surface area contributed by atoms with Crippen LogP contribution in [0.5, 0.6) is 0 Å². The topological polar surface area (TPSA) is 132 Å². The Morgan fingerprint density at radius 2 is 1.97 bits per heavy atom. The van der Waals surface area contributed by atoms with E-state index in [-0.39, 0.29) is 6.04 Å². The Balaban J connectivity index is 1.42. The molecule has 1 saturated heterocycles. The Kier molecular flexibility index (Phi) is 5.56. The summed E-state index contributed by atoms with van der Waals surface area (Å²) in [5.74, 6) is 1.28. The molecule has 1 aliphatic carbocycles. The molecule has 10 nitrogen and oxygen atoms in total. The zero-order chi connectivity index (χ0) is 24.1. The van der Waals surface area contributed by atoms with E-state index in [1.165, 1.54) is 24.7 Å². The van der Waals surface area contributed by atoms with Crippen LogP contribution < -0.4 is 10.2 Å². The number of rotatable bonds is 4. The Morgan fingerprint density at radius 1 is 1.14 bits per heavy atom. The van der Waals surface area contributed by atoms with Crippen LogP contribution >= 0.6 is 0 Å². The molecule has 3 aromatic rings. The fourth-order valence-corrected chi connectivity index (χ4v) is 5.57. The third-order valence-electron chi connectivity index (χ3n) is 7.52. The second-order valence-corrected chi connectivity index (χ2v) is 9.78. The van der Waals surface area contributed by atoms with E-state index in [0.29, 0.717) is 35.0 Å². The average Bonchev–Trinajstić information content (AvgIpc) is 3.58. The highest BCUT2D eigenvalue weighted by atomic mass is 16.6. The molecule has 1 aromatic carbocycles. The highest BCUT2D eigenvalue weighted by Gasteiger charge is 2.43. The maximum atomic E-state index is 10.8. The minimum absolute atomic E-state index is 0.286. The van der Waals surface area contributed by atoms with Gasteiger partial charge in [-0.1, -0.05) is 18.9 Å². The number of imidazole rings is 1. The van der Waals surface area contributed by atoms with Crippen molar-refractivity contribution in [2.45, 2.75) is 76.2 Å². The molecule has 3 N–H and O–H groups in total. The summed E-state index contributed by atoms with van der Waals surface area (Å²) in [5.41, 5.74) is 4.17. The smallest absolute Gasteiger partial charge is 0.207 e. The molecule has 2 aliphatic heterocycles. The van der Waals surface area contributed by atoms with E-state index in [2.05, 4.69) is 26.3 Å². The first-order valence-corrected chi connectivity index (χ1v) is 12.3. The summed E-state index contributed by atoms with van der Waals surface area (Å²) in [7, 11) is 0.